The molecule has 3 heteroatoms. The molecule has 1 aliphatic heterocycles. The second-order valence-electron chi connectivity index (χ2n) is 2.43. The number of fused-ring (bicyclic) bond motifs is 1. The highest BCUT2D eigenvalue weighted by atomic mass is 16.5. The van der Waals surface area contributed by atoms with E-state index in [1.807, 2.05) is 12.1 Å². The lowest BCUT2D eigenvalue weighted by Gasteiger charge is -2.15. The molecule has 0 saturated carbocycles. The van der Waals surface area contributed by atoms with E-state index in [1.54, 1.807) is 6.20 Å². The predicted molar refractivity (Wildman–Crippen MR) is 41.2 cm³/mol. The lowest BCUT2D eigenvalue weighted by atomic mass is 10.1. The lowest BCUT2D eigenvalue weighted by Crippen LogP contribution is -2.16. The van der Waals surface area contributed by atoms with Gasteiger partial charge in [0.2, 0.25) is 0 Å². The molecule has 0 radical (unpaired) electrons. The van der Waals surface area contributed by atoms with E-state index in [9.17, 15) is 0 Å². The molecule has 0 spiro atoms. The highest BCUT2D eigenvalue weighted by Crippen LogP contribution is 2.20. The summed E-state index contributed by atoms with van der Waals surface area (Å²) in [6, 6.07) is 3.66. The monoisotopic (exact) mass is 148 g/mol. The molecule has 0 aliphatic carbocycles. The third-order valence-electron chi connectivity index (χ3n) is 1.67. The molecule has 1 N–H and O–H groups in total. The Balaban J connectivity index is 2.52. The van der Waals surface area contributed by atoms with Crippen LogP contribution in [0.15, 0.2) is 18.3 Å². The van der Waals surface area contributed by atoms with Gasteiger partial charge in [-0.25, -0.2) is 0 Å². The van der Waals surface area contributed by atoms with Crippen LogP contribution >= 0.6 is 0 Å². The molecule has 1 aromatic heterocycles. The van der Waals surface area contributed by atoms with E-state index in [0.717, 1.165) is 5.75 Å². The zero-order chi connectivity index (χ0) is 7.68. The second kappa shape index (κ2) is 2.34. The first-order valence-corrected chi connectivity index (χ1v) is 3.53. The molecule has 1 aliphatic rings. The molecule has 11 heavy (non-hydrogen) atoms. The molecule has 2 rings (SSSR count). The Morgan fingerprint density at radius 3 is 3.27 bits per heavy atom. The minimum atomic E-state index is 0.576. The van der Waals surface area contributed by atoms with Crippen LogP contribution in [-0.2, 0) is 0 Å². The summed E-state index contributed by atoms with van der Waals surface area (Å²) in [5.41, 5.74) is 1.27. The van der Waals surface area contributed by atoms with Crippen molar-refractivity contribution in [1.82, 2.24) is 4.98 Å². The zero-order valence-electron chi connectivity index (χ0n) is 6.00. The molecule has 0 aromatic carbocycles. The number of nitrogens with zero attached hydrogens (tertiary/aromatic N) is 1. The summed E-state index contributed by atoms with van der Waals surface area (Å²) < 4.78 is 5.29. The Bertz CT molecular complexity index is 296. The average molecular weight is 148 g/mol. The van der Waals surface area contributed by atoms with Crippen molar-refractivity contribution in [3.05, 3.63) is 24.0 Å². The molecule has 2 heterocycles. The number of nitrogens with one attached hydrogen (secondary N) is 1. The Morgan fingerprint density at radius 1 is 1.55 bits per heavy atom. The lowest BCUT2D eigenvalue weighted by molar-refractivity contribution is 0.318. The standard InChI is InChI=1S/C8H8N2O/c9-6-3-5-11-7-2-1-4-10-8(6)7/h1-2,4,9H,3,5H2. The first kappa shape index (κ1) is 6.34. The van der Waals surface area contributed by atoms with Crippen LogP contribution in [0.1, 0.15) is 12.1 Å². The average Bonchev–Trinajstić information content (AvgIpc) is 2.06. The SMILES string of the molecule is N=C1CCOc2cccnc21. The van der Waals surface area contributed by atoms with Gasteiger partial charge in [0.05, 0.1) is 12.3 Å². The molecule has 0 amide bonds. The summed E-state index contributed by atoms with van der Waals surface area (Å²) in [7, 11) is 0. The van der Waals surface area contributed by atoms with Crippen LogP contribution < -0.4 is 4.74 Å². The smallest absolute Gasteiger partial charge is 0.146 e. The van der Waals surface area contributed by atoms with Crippen LogP contribution in [0.3, 0.4) is 0 Å². The van der Waals surface area contributed by atoms with Gasteiger partial charge in [-0.2, -0.15) is 0 Å². The van der Waals surface area contributed by atoms with Crippen molar-refractivity contribution < 1.29 is 4.74 Å². The van der Waals surface area contributed by atoms with Gasteiger partial charge >= 0.3 is 0 Å². The summed E-state index contributed by atoms with van der Waals surface area (Å²) in [4.78, 5) is 4.05. The van der Waals surface area contributed by atoms with E-state index < -0.39 is 0 Å². The molecular formula is C8H8N2O. The summed E-state index contributed by atoms with van der Waals surface area (Å²) in [5, 5.41) is 7.53. The third-order valence-corrected chi connectivity index (χ3v) is 1.67. The van der Waals surface area contributed by atoms with Gasteiger partial charge in [-0.05, 0) is 12.1 Å². The maximum Gasteiger partial charge on any atom is 0.146 e. The fraction of sp³-hybridized carbons (Fsp3) is 0.250. The minimum absolute atomic E-state index is 0.576. The molecule has 1 aromatic rings. The van der Waals surface area contributed by atoms with Gasteiger partial charge in [-0.3, -0.25) is 4.98 Å². The van der Waals surface area contributed by atoms with Crippen molar-refractivity contribution in [1.29, 1.82) is 5.41 Å². The minimum Gasteiger partial charge on any atom is -0.491 e. The number of pyridine rings is 1. The number of hydrogen-bond donors (Lipinski definition) is 1. The highest BCUT2D eigenvalue weighted by molar-refractivity contribution is 5.99. The van der Waals surface area contributed by atoms with Gasteiger partial charge in [-0.1, -0.05) is 0 Å². The summed E-state index contributed by atoms with van der Waals surface area (Å²) in [5.74, 6) is 0.740. The van der Waals surface area contributed by atoms with E-state index in [1.165, 1.54) is 0 Å². The van der Waals surface area contributed by atoms with Gasteiger partial charge in [0.1, 0.15) is 11.4 Å². The molecule has 3 nitrogen and oxygen atoms in total. The van der Waals surface area contributed by atoms with Crippen LogP contribution in [0.5, 0.6) is 5.75 Å². The van der Waals surface area contributed by atoms with Crippen LogP contribution in [-0.4, -0.2) is 17.3 Å². The van der Waals surface area contributed by atoms with Crippen molar-refractivity contribution in [2.75, 3.05) is 6.61 Å². The van der Waals surface area contributed by atoms with Crippen molar-refractivity contribution in [2.24, 2.45) is 0 Å². The molecule has 56 valence electrons. The van der Waals surface area contributed by atoms with Crippen LogP contribution in [0.2, 0.25) is 0 Å². The molecule has 0 unspecified atom stereocenters. The van der Waals surface area contributed by atoms with E-state index in [2.05, 4.69) is 4.98 Å². The Kier molecular flexibility index (Phi) is 1.35. The molecular weight excluding hydrogens is 140 g/mol. The molecule has 0 bridgehead atoms. The van der Waals surface area contributed by atoms with Crippen molar-refractivity contribution >= 4 is 5.71 Å². The number of ether oxygens (including phenoxy) is 1. The van der Waals surface area contributed by atoms with E-state index in [-0.39, 0.29) is 0 Å². The first-order chi connectivity index (χ1) is 5.38. The van der Waals surface area contributed by atoms with Crippen LogP contribution in [0, 0.1) is 5.41 Å². The van der Waals surface area contributed by atoms with Crippen molar-refractivity contribution in [3.63, 3.8) is 0 Å². The van der Waals surface area contributed by atoms with E-state index >= 15 is 0 Å². The summed E-state index contributed by atoms with van der Waals surface area (Å²) >= 11 is 0. The van der Waals surface area contributed by atoms with Crippen LogP contribution in [0.25, 0.3) is 0 Å². The Hall–Kier alpha value is -1.38. The zero-order valence-corrected chi connectivity index (χ0v) is 6.00. The number of hydrogen-bond acceptors (Lipinski definition) is 3. The largest absolute Gasteiger partial charge is 0.491 e. The van der Waals surface area contributed by atoms with Gasteiger partial charge in [-0.15, -0.1) is 0 Å². The summed E-state index contributed by atoms with van der Waals surface area (Å²) in [6.07, 6.45) is 2.35. The molecule has 0 fully saturated rings. The van der Waals surface area contributed by atoms with E-state index in [0.29, 0.717) is 24.4 Å². The summed E-state index contributed by atoms with van der Waals surface area (Å²) in [6.45, 7) is 0.609. The molecule has 0 atom stereocenters. The Labute approximate surface area is 64.5 Å². The Morgan fingerprint density at radius 2 is 2.45 bits per heavy atom. The number of rotatable bonds is 0. The van der Waals surface area contributed by atoms with Gasteiger partial charge in [0.15, 0.2) is 0 Å². The fourth-order valence-corrected chi connectivity index (χ4v) is 1.12. The van der Waals surface area contributed by atoms with Crippen molar-refractivity contribution in [3.8, 4) is 5.75 Å². The maximum absolute atomic E-state index is 7.53. The first-order valence-electron chi connectivity index (χ1n) is 3.53. The second-order valence-corrected chi connectivity index (χ2v) is 2.43. The van der Waals surface area contributed by atoms with Crippen molar-refractivity contribution in [2.45, 2.75) is 6.42 Å². The number of aromatic nitrogens is 1. The van der Waals surface area contributed by atoms with Gasteiger partial charge in [0.25, 0.3) is 0 Å². The highest BCUT2D eigenvalue weighted by Gasteiger charge is 2.14. The predicted octanol–water partition coefficient (Wildman–Crippen LogP) is 1.23. The van der Waals surface area contributed by atoms with Gasteiger partial charge in [0, 0.05) is 12.6 Å². The topological polar surface area (TPSA) is 46.0 Å². The van der Waals surface area contributed by atoms with E-state index in [4.69, 9.17) is 10.1 Å². The third kappa shape index (κ3) is 0.981. The fourth-order valence-electron chi connectivity index (χ4n) is 1.12. The normalized spacial score (nSPS) is 15.5. The molecule has 0 saturated heterocycles. The van der Waals surface area contributed by atoms with Crippen LogP contribution in [0.4, 0.5) is 0 Å². The van der Waals surface area contributed by atoms with Gasteiger partial charge < -0.3 is 10.1 Å². The maximum atomic E-state index is 7.53. The quantitative estimate of drug-likeness (QED) is 0.601.